The van der Waals surface area contributed by atoms with Gasteiger partial charge in [0.25, 0.3) is 0 Å². The summed E-state index contributed by atoms with van der Waals surface area (Å²) in [6, 6.07) is 5.59. The summed E-state index contributed by atoms with van der Waals surface area (Å²) in [5, 5.41) is 7.58. The van der Waals surface area contributed by atoms with Crippen LogP contribution in [0.15, 0.2) is 24.4 Å². The third-order valence-corrected chi connectivity index (χ3v) is 4.94. The molecule has 2 aromatic rings. The zero-order chi connectivity index (χ0) is 19.2. The van der Waals surface area contributed by atoms with Gasteiger partial charge in [0, 0.05) is 30.8 Å². The lowest BCUT2D eigenvalue weighted by Gasteiger charge is -2.29. The topological polar surface area (TPSA) is 68.6 Å². The van der Waals surface area contributed by atoms with Crippen molar-refractivity contribution in [1.29, 1.82) is 0 Å². The minimum Gasteiger partial charge on any atom is -0.497 e. The first-order valence-corrected chi connectivity index (χ1v) is 9.30. The highest BCUT2D eigenvalue weighted by atomic mass is 16.5. The van der Waals surface area contributed by atoms with Crippen LogP contribution in [0, 0.1) is 0 Å². The Hall–Kier alpha value is -2.70. The van der Waals surface area contributed by atoms with Crippen LogP contribution in [0.2, 0.25) is 0 Å². The molecular formula is C20H26N4O3. The summed E-state index contributed by atoms with van der Waals surface area (Å²) in [6.45, 7) is 4.94. The van der Waals surface area contributed by atoms with Crippen LogP contribution in [-0.4, -0.2) is 40.0 Å². The van der Waals surface area contributed by atoms with E-state index in [4.69, 9.17) is 9.47 Å². The van der Waals surface area contributed by atoms with E-state index < -0.39 is 5.60 Å². The summed E-state index contributed by atoms with van der Waals surface area (Å²) in [5.41, 5.74) is 2.25. The molecule has 2 amide bonds. The Balaban J connectivity index is 1.58. The van der Waals surface area contributed by atoms with Crippen molar-refractivity contribution < 1.29 is 14.3 Å². The molecule has 1 aliphatic heterocycles. The summed E-state index contributed by atoms with van der Waals surface area (Å²) in [7, 11) is 3.52. The number of amides is 2. The van der Waals surface area contributed by atoms with Gasteiger partial charge in [0.05, 0.1) is 31.6 Å². The van der Waals surface area contributed by atoms with E-state index >= 15 is 0 Å². The Kier molecular flexibility index (Phi) is 4.25. The largest absolute Gasteiger partial charge is 0.497 e. The van der Waals surface area contributed by atoms with E-state index in [2.05, 4.69) is 10.4 Å². The Morgan fingerprint density at radius 2 is 2.15 bits per heavy atom. The van der Waals surface area contributed by atoms with Crippen molar-refractivity contribution in [3.05, 3.63) is 35.7 Å². The molecule has 4 rings (SSSR count). The average molecular weight is 370 g/mol. The van der Waals surface area contributed by atoms with E-state index in [1.54, 1.807) is 16.7 Å². The molecule has 2 heterocycles. The van der Waals surface area contributed by atoms with E-state index in [0.717, 1.165) is 41.3 Å². The van der Waals surface area contributed by atoms with Gasteiger partial charge < -0.3 is 19.7 Å². The highest BCUT2D eigenvalue weighted by molar-refractivity contribution is 5.90. The lowest BCUT2D eigenvalue weighted by Crippen LogP contribution is -2.44. The van der Waals surface area contributed by atoms with Gasteiger partial charge in [-0.1, -0.05) is 0 Å². The number of fused-ring (bicyclic) bond motifs is 1. The molecule has 27 heavy (non-hydrogen) atoms. The van der Waals surface area contributed by atoms with Crippen LogP contribution >= 0.6 is 0 Å². The van der Waals surface area contributed by atoms with Gasteiger partial charge in [-0.15, -0.1) is 0 Å². The van der Waals surface area contributed by atoms with E-state index in [-0.39, 0.29) is 6.03 Å². The quantitative estimate of drug-likeness (QED) is 0.898. The Morgan fingerprint density at radius 3 is 2.85 bits per heavy atom. The number of nitrogens with one attached hydrogen (secondary N) is 1. The number of ether oxygens (including phenoxy) is 2. The molecule has 1 fully saturated rings. The third-order valence-electron chi connectivity index (χ3n) is 4.94. The van der Waals surface area contributed by atoms with Gasteiger partial charge in [-0.3, -0.25) is 4.68 Å². The molecule has 0 atom stereocenters. The monoisotopic (exact) mass is 370 g/mol. The summed E-state index contributed by atoms with van der Waals surface area (Å²) >= 11 is 0. The summed E-state index contributed by atoms with van der Waals surface area (Å²) < 4.78 is 13.2. The predicted octanol–water partition coefficient (Wildman–Crippen LogP) is 3.51. The average Bonchev–Trinajstić information content (AvgIpc) is 3.39. The molecule has 0 bridgehead atoms. The van der Waals surface area contributed by atoms with Crippen molar-refractivity contribution in [2.45, 2.75) is 44.8 Å². The molecule has 1 saturated carbocycles. The first-order chi connectivity index (χ1) is 12.8. The number of aromatic nitrogens is 2. The van der Waals surface area contributed by atoms with Gasteiger partial charge >= 0.3 is 6.03 Å². The van der Waals surface area contributed by atoms with Crippen LogP contribution in [0.4, 0.5) is 10.5 Å². The molecule has 1 aliphatic carbocycles. The number of aryl methyl sites for hydroxylation is 1. The molecule has 1 aromatic carbocycles. The van der Waals surface area contributed by atoms with E-state index in [1.807, 2.05) is 45.3 Å². The molecule has 7 heteroatoms. The van der Waals surface area contributed by atoms with Crippen molar-refractivity contribution in [3.8, 4) is 11.5 Å². The number of nitrogens with zero attached hydrogens (tertiary/aromatic N) is 3. The van der Waals surface area contributed by atoms with E-state index in [0.29, 0.717) is 19.0 Å². The number of urea groups is 1. The molecule has 1 N–H and O–H groups in total. The fourth-order valence-electron chi connectivity index (χ4n) is 3.54. The lowest BCUT2D eigenvalue weighted by molar-refractivity contribution is 0.0833. The van der Waals surface area contributed by atoms with Gasteiger partial charge in [-0.2, -0.15) is 5.10 Å². The third kappa shape index (κ3) is 3.72. The maximum absolute atomic E-state index is 13.0. The van der Waals surface area contributed by atoms with Crippen LogP contribution in [0.1, 0.15) is 43.9 Å². The van der Waals surface area contributed by atoms with Crippen molar-refractivity contribution in [1.82, 2.24) is 14.7 Å². The maximum Gasteiger partial charge on any atom is 0.322 e. The molecule has 144 valence electrons. The van der Waals surface area contributed by atoms with Crippen molar-refractivity contribution in [3.63, 3.8) is 0 Å². The Morgan fingerprint density at radius 1 is 1.37 bits per heavy atom. The molecule has 2 aliphatic rings. The molecule has 0 unspecified atom stereocenters. The maximum atomic E-state index is 13.0. The number of methoxy groups -OCH3 is 1. The number of carbonyl (C=O) groups excluding carboxylic acids is 1. The molecule has 7 nitrogen and oxygen atoms in total. The van der Waals surface area contributed by atoms with Gasteiger partial charge in [0.15, 0.2) is 0 Å². The first kappa shape index (κ1) is 17.7. The number of anilines is 1. The van der Waals surface area contributed by atoms with Gasteiger partial charge in [-0.25, -0.2) is 4.79 Å². The fraction of sp³-hybridized carbons (Fsp3) is 0.500. The summed E-state index contributed by atoms with van der Waals surface area (Å²) in [4.78, 5) is 14.8. The summed E-state index contributed by atoms with van der Waals surface area (Å²) in [5.74, 6) is 1.97. The fourth-order valence-corrected chi connectivity index (χ4v) is 3.54. The standard InChI is InChI=1S/C20H26N4O3/c1-20(2)12-24(10-14-7-8-15(26-4)9-17(14)27-20)19(25)21-16-11-23(3)22-18(16)13-5-6-13/h7-9,11,13H,5-6,10,12H2,1-4H3,(H,21,25). The normalized spacial score (nSPS) is 18.3. The zero-order valence-corrected chi connectivity index (χ0v) is 16.3. The minimum atomic E-state index is -0.511. The SMILES string of the molecule is COc1ccc2c(c1)OC(C)(C)CN(C(=O)Nc1cn(C)nc1C1CC1)C2. The van der Waals surface area contributed by atoms with Gasteiger partial charge in [-0.05, 0) is 38.8 Å². The number of hydrogen-bond donors (Lipinski definition) is 1. The molecular weight excluding hydrogens is 344 g/mol. The zero-order valence-electron chi connectivity index (χ0n) is 16.3. The smallest absolute Gasteiger partial charge is 0.322 e. The Bertz CT molecular complexity index is 870. The van der Waals surface area contributed by atoms with Gasteiger partial charge in [0.1, 0.15) is 17.1 Å². The second-order valence-electron chi connectivity index (χ2n) is 8.00. The van der Waals surface area contributed by atoms with Crippen LogP contribution in [0.3, 0.4) is 0 Å². The first-order valence-electron chi connectivity index (χ1n) is 9.30. The number of hydrogen-bond acceptors (Lipinski definition) is 4. The highest BCUT2D eigenvalue weighted by Gasteiger charge is 2.34. The second-order valence-corrected chi connectivity index (χ2v) is 8.00. The number of benzene rings is 1. The highest BCUT2D eigenvalue weighted by Crippen LogP contribution is 2.42. The van der Waals surface area contributed by atoms with E-state index in [9.17, 15) is 4.79 Å². The molecule has 0 spiro atoms. The van der Waals surface area contributed by atoms with Crippen LogP contribution in [-0.2, 0) is 13.6 Å². The second kappa shape index (κ2) is 6.48. The van der Waals surface area contributed by atoms with Crippen LogP contribution < -0.4 is 14.8 Å². The summed E-state index contributed by atoms with van der Waals surface area (Å²) in [6.07, 6.45) is 4.16. The van der Waals surface area contributed by atoms with E-state index in [1.165, 1.54) is 0 Å². The number of carbonyl (C=O) groups is 1. The van der Waals surface area contributed by atoms with Crippen LogP contribution in [0.5, 0.6) is 11.5 Å². The van der Waals surface area contributed by atoms with Crippen molar-refractivity contribution >= 4 is 11.7 Å². The predicted molar refractivity (Wildman–Crippen MR) is 102 cm³/mol. The minimum absolute atomic E-state index is 0.134. The van der Waals surface area contributed by atoms with Crippen LogP contribution in [0.25, 0.3) is 0 Å². The van der Waals surface area contributed by atoms with Gasteiger partial charge in [0.2, 0.25) is 0 Å². The Labute approximate surface area is 159 Å². The van der Waals surface area contributed by atoms with Crippen molar-refractivity contribution in [2.24, 2.45) is 7.05 Å². The molecule has 1 aromatic heterocycles. The number of rotatable bonds is 3. The molecule has 0 radical (unpaired) electrons. The lowest BCUT2D eigenvalue weighted by atomic mass is 10.1. The molecule has 0 saturated heterocycles. The van der Waals surface area contributed by atoms with Crippen molar-refractivity contribution in [2.75, 3.05) is 19.0 Å².